The number of nitrogens with zero attached hydrogens (tertiary/aromatic N) is 2. The van der Waals surface area contributed by atoms with Crippen LogP contribution in [-0.4, -0.2) is 15.0 Å². The Morgan fingerprint density at radius 2 is 1.84 bits per heavy atom. The van der Waals surface area contributed by atoms with Crippen molar-refractivity contribution in [3.05, 3.63) is 60.4 Å². The smallest absolute Gasteiger partial charge is 0.227 e. The SMILES string of the molecule is Cc1cc(N)c(N)cc1Nc1nccc(-c2c[nH]c3ccccc23)n1. The minimum absolute atomic E-state index is 0.509. The number of aromatic amines is 1. The van der Waals surface area contributed by atoms with Crippen molar-refractivity contribution in [2.45, 2.75) is 6.92 Å². The molecule has 2 aromatic carbocycles. The summed E-state index contributed by atoms with van der Waals surface area (Å²) in [5, 5.41) is 4.35. The van der Waals surface area contributed by atoms with Crippen molar-refractivity contribution in [3.8, 4) is 11.3 Å². The van der Waals surface area contributed by atoms with Crippen LogP contribution in [0.4, 0.5) is 23.0 Å². The first kappa shape index (κ1) is 15.0. The number of nitrogens with two attached hydrogens (primary N) is 2. The second-order valence-electron chi connectivity index (χ2n) is 5.93. The van der Waals surface area contributed by atoms with Gasteiger partial charge in [-0.15, -0.1) is 0 Å². The Kier molecular flexibility index (Phi) is 3.50. The van der Waals surface area contributed by atoms with Gasteiger partial charge in [0.2, 0.25) is 5.95 Å². The molecule has 2 heterocycles. The molecule has 0 unspecified atom stereocenters. The fourth-order valence-corrected chi connectivity index (χ4v) is 2.85. The van der Waals surface area contributed by atoms with Crippen LogP contribution in [0, 0.1) is 6.92 Å². The third-order valence-electron chi connectivity index (χ3n) is 4.20. The number of nitrogens with one attached hydrogen (secondary N) is 2. The average molecular weight is 330 g/mol. The van der Waals surface area contributed by atoms with Crippen LogP contribution < -0.4 is 16.8 Å². The molecule has 0 aliphatic heterocycles. The van der Waals surface area contributed by atoms with E-state index in [0.717, 1.165) is 33.4 Å². The number of hydrogen-bond acceptors (Lipinski definition) is 5. The largest absolute Gasteiger partial charge is 0.397 e. The molecule has 124 valence electrons. The van der Waals surface area contributed by atoms with E-state index in [1.165, 1.54) is 0 Å². The van der Waals surface area contributed by atoms with Gasteiger partial charge in [-0.25, -0.2) is 9.97 Å². The van der Waals surface area contributed by atoms with E-state index in [2.05, 4.69) is 26.3 Å². The second kappa shape index (κ2) is 5.83. The van der Waals surface area contributed by atoms with Gasteiger partial charge in [0.05, 0.1) is 17.1 Å². The maximum atomic E-state index is 5.90. The summed E-state index contributed by atoms with van der Waals surface area (Å²) in [6, 6.07) is 13.7. The molecule has 4 aromatic rings. The number of nitrogen functional groups attached to an aromatic ring is 2. The maximum absolute atomic E-state index is 5.90. The molecule has 0 amide bonds. The van der Waals surface area contributed by atoms with Crippen LogP contribution in [0.15, 0.2) is 54.9 Å². The van der Waals surface area contributed by atoms with Crippen molar-refractivity contribution in [2.24, 2.45) is 0 Å². The Morgan fingerprint density at radius 3 is 2.72 bits per heavy atom. The quantitative estimate of drug-likeness (QED) is 0.427. The summed E-state index contributed by atoms with van der Waals surface area (Å²) in [7, 11) is 0. The van der Waals surface area contributed by atoms with Gasteiger partial charge in [0.25, 0.3) is 0 Å². The Morgan fingerprint density at radius 1 is 1.04 bits per heavy atom. The lowest BCUT2D eigenvalue weighted by atomic mass is 10.1. The number of hydrogen-bond donors (Lipinski definition) is 4. The summed E-state index contributed by atoms with van der Waals surface area (Å²) in [6.45, 7) is 1.96. The van der Waals surface area contributed by atoms with Crippen LogP contribution in [0.3, 0.4) is 0 Å². The van der Waals surface area contributed by atoms with Crippen molar-refractivity contribution in [3.63, 3.8) is 0 Å². The Labute approximate surface area is 144 Å². The predicted molar refractivity (Wildman–Crippen MR) is 103 cm³/mol. The predicted octanol–water partition coefficient (Wildman–Crippen LogP) is 3.84. The van der Waals surface area contributed by atoms with Crippen LogP contribution in [-0.2, 0) is 0 Å². The van der Waals surface area contributed by atoms with Gasteiger partial charge in [-0.1, -0.05) is 18.2 Å². The molecule has 25 heavy (non-hydrogen) atoms. The van der Waals surface area contributed by atoms with E-state index < -0.39 is 0 Å². The van der Waals surface area contributed by atoms with Crippen molar-refractivity contribution in [1.82, 2.24) is 15.0 Å². The first-order valence-corrected chi connectivity index (χ1v) is 7.94. The highest BCUT2D eigenvalue weighted by Gasteiger charge is 2.09. The van der Waals surface area contributed by atoms with Gasteiger partial charge in [0, 0.05) is 34.5 Å². The van der Waals surface area contributed by atoms with Crippen molar-refractivity contribution < 1.29 is 0 Å². The van der Waals surface area contributed by atoms with Gasteiger partial charge in [0.15, 0.2) is 0 Å². The average Bonchev–Trinajstić information content (AvgIpc) is 3.04. The number of benzene rings is 2. The maximum Gasteiger partial charge on any atom is 0.227 e. The molecule has 0 radical (unpaired) electrons. The minimum Gasteiger partial charge on any atom is -0.397 e. The lowest BCUT2D eigenvalue weighted by molar-refractivity contribution is 1.17. The molecule has 6 nitrogen and oxygen atoms in total. The second-order valence-corrected chi connectivity index (χ2v) is 5.93. The van der Waals surface area contributed by atoms with E-state index in [0.29, 0.717) is 17.3 Å². The number of aryl methyl sites for hydroxylation is 1. The van der Waals surface area contributed by atoms with Crippen LogP contribution in [0.1, 0.15) is 5.56 Å². The molecule has 6 N–H and O–H groups in total. The number of rotatable bonds is 3. The third kappa shape index (κ3) is 2.74. The number of anilines is 4. The highest BCUT2D eigenvalue weighted by Crippen LogP contribution is 2.29. The summed E-state index contributed by atoms with van der Waals surface area (Å²) >= 11 is 0. The van der Waals surface area contributed by atoms with Crippen LogP contribution in [0.25, 0.3) is 22.2 Å². The van der Waals surface area contributed by atoms with Gasteiger partial charge < -0.3 is 21.8 Å². The monoisotopic (exact) mass is 330 g/mol. The topological polar surface area (TPSA) is 106 Å². The number of aromatic nitrogens is 3. The normalized spacial score (nSPS) is 10.9. The zero-order chi connectivity index (χ0) is 17.4. The highest BCUT2D eigenvalue weighted by atomic mass is 15.1. The molecule has 0 saturated carbocycles. The van der Waals surface area contributed by atoms with Crippen molar-refractivity contribution >= 4 is 33.9 Å². The highest BCUT2D eigenvalue weighted by molar-refractivity contribution is 5.94. The standard InChI is InChI=1S/C19H18N6/c1-11-8-14(20)15(21)9-18(11)25-19-22-7-6-17(24-19)13-10-23-16-5-3-2-4-12(13)16/h2-10,23H,20-21H2,1H3,(H,22,24,25). The Bertz CT molecular complexity index is 1070. The summed E-state index contributed by atoms with van der Waals surface area (Å²) < 4.78 is 0. The molecule has 6 heteroatoms. The van der Waals surface area contributed by atoms with Gasteiger partial charge >= 0.3 is 0 Å². The van der Waals surface area contributed by atoms with Gasteiger partial charge in [-0.05, 0) is 36.8 Å². The number of para-hydroxylation sites is 1. The van der Waals surface area contributed by atoms with E-state index in [9.17, 15) is 0 Å². The third-order valence-corrected chi connectivity index (χ3v) is 4.20. The Hall–Kier alpha value is -3.54. The first-order chi connectivity index (χ1) is 12.1. The summed E-state index contributed by atoms with van der Waals surface area (Å²) in [5.41, 5.74) is 17.6. The summed E-state index contributed by atoms with van der Waals surface area (Å²) in [6.07, 6.45) is 3.70. The van der Waals surface area contributed by atoms with Gasteiger partial charge in [0.1, 0.15) is 0 Å². The molecule has 2 aromatic heterocycles. The lowest BCUT2D eigenvalue weighted by Crippen LogP contribution is -2.02. The molecule has 0 aliphatic rings. The van der Waals surface area contributed by atoms with E-state index in [1.54, 1.807) is 12.3 Å². The molecule has 0 aliphatic carbocycles. The minimum atomic E-state index is 0.509. The first-order valence-electron chi connectivity index (χ1n) is 7.94. The van der Waals surface area contributed by atoms with Crippen molar-refractivity contribution in [1.29, 1.82) is 0 Å². The molecule has 0 atom stereocenters. The molecule has 0 fully saturated rings. The lowest BCUT2D eigenvalue weighted by Gasteiger charge is -2.11. The van der Waals surface area contributed by atoms with Crippen molar-refractivity contribution in [2.75, 3.05) is 16.8 Å². The zero-order valence-corrected chi connectivity index (χ0v) is 13.7. The number of fused-ring (bicyclic) bond motifs is 1. The Balaban J connectivity index is 1.72. The van der Waals surface area contributed by atoms with Crippen LogP contribution in [0.2, 0.25) is 0 Å². The fourth-order valence-electron chi connectivity index (χ4n) is 2.85. The van der Waals surface area contributed by atoms with Gasteiger partial charge in [-0.3, -0.25) is 0 Å². The van der Waals surface area contributed by atoms with E-state index >= 15 is 0 Å². The van der Waals surface area contributed by atoms with E-state index in [-0.39, 0.29) is 0 Å². The molecule has 4 rings (SSSR count). The molecular formula is C19H18N6. The summed E-state index contributed by atoms with van der Waals surface area (Å²) in [4.78, 5) is 12.2. The van der Waals surface area contributed by atoms with Crippen LogP contribution in [0.5, 0.6) is 0 Å². The zero-order valence-electron chi connectivity index (χ0n) is 13.7. The molecule has 0 spiro atoms. The van der Waals surface area contributed by atoms with E-state index in [1.807, 2.05) is 43.5 Å². The van der Waals surface area contributed by atoms with Crippen LogP contribution >= 0.6 is 0 Å². The molecular weight excluding hydrogens is 312 g/mol. The number of H-pyrrole nitrogens is 1. The van der Waals surface area contributed by atoms with Gasteiger partial charge in [-0.2, -0.15) is 0 Å². The fraction of sp³-hybridized carbons (Fsp3) is 0.0526. The molecule has 0 saturated heterocycles. The summed E-state index contributed by atoms with van der Waals surface area (Å²) in [5.74, 6) is 0.509. The molecule has 0 bridgehead atoms. The van der Waals surface area contributed by atoms with E-state index in [4.69, 9.17) is 11.5 Å².